The summed E-state index contributed by atoms with van der Waals surface area (Å²) in [5.74, 6) is -0.600. The monoisotopic (exact) mass is 566 g/mol. The molecule has 0 unspecified atom stereocenters. The van der Waals surface area contributed by atoms with Crippen molar-refractivity contribution in [3.8, 4) is 5.75 Å². The molecule has 4 fully saturated rings. The zero-order chi connectivity index (χ0) is 28.7. The first-order valence-electron chi connectivity index (χ1n) is 15.1. The van der Waals surface area contributed by atoms with E-state index >= 15 is 0 Å². The van der Waals surface area contributed by atoms with E-state index in [2.05, 4.69) is 29.4 Å². The van der Waals surface area contributed by atoms with Crippen LogP contribution in [0.15, 0.2) is 36.4 Å². The van der Waals surface area contributed by atoms with Gasteiger partial charge in [0, 0.05) is 37.9 Å². The Bertz CT molecular complexity index is 1180. The number of nitrogens with zero attached hydrogens (tertiary/aromatic N) is 2. The predicted octanol–water partition coefficient (Wildman–Crippen LogP) is 2.06. The average molecular weight is 567 g/mol. The van der Waals surface area contributed by atoms with E-state index in [1.54, 1.807) is 36.3 Å². The van der Waals surface area contributed by atoms with Crippen LogP contribution in [0, 0.1) is 23.7 Å². The molecule has 6 rings (SSSR count). The Morgan fingerprint density at radius 1 is 1.07 bits per heavy atom. The first kappa shape index (κ1) is 28.2. The first-order valence-corrected chi connectivity index (χ1v) is 15.1. The standard InChI is InChI=1S/C31H42N4O6/c1-19-5-4-6-23(20(19)2)33-29(37)27-31-12-11-24(41-31)25(28(36)32-21-7-9-22(39-3)10-8-21)26(31)30(38)35(27)14-13-34-15-17-40-18-16-34/h7-12,19-20,23-27H,4-6,13-18H2,1-3H3,(H,32,36)(H,33,37)/t19-,20+,23-,24+,25-,26+,27+,31+/m1/s1. The second-order valence-electron chi connectivity index (χ2n) is 12.3. The number of likely N-dealkylation sites (tertiary alicyclic amines) is 1. The highest BCUT2D eigenvalue weighted by Gasteiger charge is 2.72. The van der Waals surface area contributed by atoms with E-state index in [0.717, 1.165) is 32.4 Å². The molecule has 1 aromatic carbocycles. The number of rotatable bonds is 8. The molecule has 41 heavy (non-hydrogen) atoms. The van der Waals surface area contributed by atoms with Gasteiger partial charge < -0.3 is 29.7 Å². The van der Waals surface area contributed by atoms with E-state index in [4.69, 9.17) is 14.2 Å². The lowest BCUT2D eigenvalue weighted by molar-refractivity contribution is -0.142. The number of hydrogen-bond acceptors (Lipinski definition) is 7. The maximum absolute atomic E-state index is 14.2. The van der Waals surface area contributed by atoms with E-state index in [1.807, 2.05) is 12.2 Å². The third-order valence-electron chi connectivity index (χ3n) is 10.1. The Labute approximate surface area is 241 Å². The van der Waals surface area contributed by atoms with Gasteiger partial charge in [0.15, 0.2) is 0 Å². The largest absolute Gasteiger partial charge is 0.497 e. The minimum Gasteiger partial charge on any atom is -0.497 e. The molecule has 10 heteroatoms. The Morgan fingerprint density at radius 3 is 2.56 bits per heavy atom. The lowest BCUT2D eigenvalue weighted by Gasteiger charge is -2.38. The van der Waals surface area contributed by atoms with Gasteiger partial charge in [-0.2, -0.15) is 0 Å². The second kappa shape index (κ2) is 11.4. The fourth-order valence-corrected chi connectivity index (χ4v) is 7.53. The molecule has 4 aliphatic heterocycles. The van der Waals surface area contributed by atoms with Crippen molar-refractivity contribution in [1.29, 1.82) is 0 Å². The van der Waals surface area contributed by atoms with Crippen molar-refractivity contribution in [3.63, 3.8) is 0 Å². The summed E-state index contributed by atoms with van der Waals surface area (Å²) in [6.07, 6.45) is 6.33. The van der Waals surface area contributed by atoms with Crippen molar-refractivity contribution >= 4 is 23.4 Å². The molecular weight excluding hydrogens is 524 g/mol. The van der Waals surface area contributed by atoms with Crippen molar-refractivity contribution in [2.24, 2.45) is 23.7 Å². The minimum atomic E-state index is -1.16. The van der Waals surface area contributed by atoms with Gasteiger partial charge in [-0.15, -0.1) is 0 Å². The van der Waals surface area contributed by atoms with Crippen molar-refractivity contribution < 1.29 is 28.6 Å². The Morgan fingerprint density at radius 2 is 1.83 bits per heavy atom. The van der Waals surface area contributed by atoms with E-state index in [-0.39, 0.29) is 23.8 Å². The van der Waals surface area contributed by atoms with Gasteiger partial charge in [0.2, 0.25) is 17.7 Å². The molecule has 1 aromatic rings. The summed E-state index contributed by atoms with van der Waals surface area (Å²) in [6, 6.07) is 6.31. The topological polar surface area (TPSA) is 109 Å². The van der Waals surface area contributed by atoms with E-state index in [1.165, 1.54) is 0 Å². The van der Waals surface area contributed by atoms with Gasteiger partial charge >= 0.3 is 0 Å². The van der Waals surface area contributed by atoms with E-state index in [9.17, 15) is 14.4 Å². The number of anilines is 1. The Hall–Kier alpha value is -2.95. The number of methoxy groups -OCH3 is 1. The van der Waals surface area contributed by atoms with Gasteiger partial charge in [0.05, 0.1) is 38.3 Å². The predicted molar refractivity (Wildman–Crippen MR) is 152 cm³/mol. The van der Waals surface area contributed by atoms with E-state index < -0.39 is 29.6 Å². The maximum Gasteiger partial charge on any atom is 0.246 e. The molecule has 4 heterocycles. The average Bonchev–Trinajstić information content (AvgIpc) is 3.62. The summed E-state index contributed by atoms with van der Waals surface area (Å²) < 4.78 is 17.2. The Kier molecular flexibility index (Phi) is 7.82. The van der Waals surface area contributed by atoms with Crippen molar-refractivity contribution in [1.82, 2.24) is 15.1 Å². The highest BCUT2D eigenvalue weighted by atomic mass is 16.5. The molecule has 3 saturated heterocycles. The number of ether oxygens (including phenoxy) is 3. The van der Waals surface area contributed by atoms with Crippen molar-refractivity contribution in [3.05, 3.63) is 36.4 Å². The summed E-state index contributed by atoms with van der Waals surface area (Å²) in [6.45, 7) is 8.35. The lowest BCUT2D eigenvalue weighted by Crippen LogP contribution is -2.58. The highest BCUT2D eigenvalue weighted by Crippen LogP contribution is 2.55. The third-order valence-corrected chi connectivity index (χ3v) is 10.1. The van der Waals surface area contributed by atoms with E-state index in [0.29, 0.717) is 49.6 Å². The van der Waals surface area contributed by atoms with Crippen LogP contribution < -0.4 is 15.4 Å². The molecule has 8 atom stereocenters. The molecule has 0 aromatic heterocycles. The summed E-state index contributed by atoms with van der Waals surface area (Å²) in [4.78, 5) is 46.0. The van der Waals surface area contributed by atoms with Crippen LogP contribution in [-0.4, -0.2) is 97.8 Å². The molecule has 10 nitrogen and oxygen atoms in total. The molecule has 1 spiro atoms. The van der Waals surface area contributed by atoms with Crippen LogP contribution >= 0.6 is 0 Å². The molecule has 2 bridgehead atoms. The van der Waals surface area contributed by atoms with Gasteiger partial charge in [-0.05, 0) is 42.5 Å². The van der Waals surface area contributed by atoms with Crippen LogP contribution in [0.3, 0.4) is 0 Å². The van der Waals surface area contributed by atoms with Crippen LogP contribution in [-0.2, 0) is 23.9 Å². The molecule has 222 valence electrons. The van der Waals surface area contributed by atoms with Crippen LogP contribution in [0.5, 0.6) is 5.75 Å². The van der Waals surface area contributed by atoms with Crippen molar-refractivity contribution in [2.75, 3.05) is 51.8 Å². The van der Waals surface area contributed by atoms with Crippen LogP contribution in [0.4, 0.5) is 5.69 Å². The van der Waals surface area contributed by atoms with Crippen LogP contribution in [0.25, 0.3) is 0 Å². The lowest BCUT2D eigenvalue weighted by atomic mass is 9.73. The number of fused-ring (bicyclic) bond motifs is 1. The number of amides is 3. The SMILES string of the molecule is COc1ccc(NC(=O)[C@@H]2[C@@H]3C=C[C@]4(O3)[C@@H]2C(=O)N(CCN2CCOCC2)[C@H]4C(=O)N[C@@H]2CCC[C@@H](C)[C@@H]2C)cc1. The zero-order valence-electron chi connectivity index (χ0n) is 24.2. The van der Waals surface area contributed by atoms with Gasteiger partial charge in [-0.3, -0.25) is 19.3 Å². The molecule has 0 radical (unpaired) electrons. The quantitative estimate of drug-likeness (QED) is 0.464. The van der Waals surface area contributed by atoms with Crippen molar-refractivity contribution in [2.45, 2.75) is 56.9 Å². The maximum atomic E-state index is 14.2. The molecule has 5 aliphatic rings. The minimum absolute atomic E-state index is 0.0506. The number of carbonyl (C=O) groups is 3. The van der Waals surface area contributed by atoms with Gasteiger partial charge in [-0.25, -0.2) is 0 Å². The fourth-order valence-electron chi connectivity index (χ4n) is 7.53. The second-order valence-corrected chi connectivity index (χ2v) is 12.3. The summed E-state index contributed by atoms with van der Waals surface area (Å²) in [5.41, 5.74) is -0.552. The fraction of sp³-hybridized carbons (Fsp3) is 0.645. The normalized spacial score (nSPS) is 36.3. The molecular formula is C31H42N4O6. The highest BCUT2D eigenvalue weighted by molar-refractivity contribution is 6.02. The van der Waals surface area contributed by atoms with Gasteiger partial charge in [0.1, 0.15) is 17.4 Å². The number of carbonyl (C=O) groups excluding carboxylic acids is 3. The molecule has 1 saturated carbocycles. The van der Waals surface area contributed by atoms with Gasteiger partial charge in [0.25, 0.3) is 0 Å². The molecule has 1 aliphatic carbocycles. The first-order chi connectivity index (χ1) is 19.8. The number of hydrogen-bond donors (Lipinski definition) is 2. The summed E-state index contributed by atoms with van der Waals surface area (Å²) >= 11 is 0. The molecule has 2 N–H and O–H groups in total. The summed E-state index contributed by atoms with van der Waals surface area (Å²) in [7, 11) is 1.59. The third kappa shape index (κ3) is 5.04. The number of morpholine rings is 1. The van der Waals surface area contributed by atoms with Crippen LogP contribution in [0.1, 0.15) is 33.1 Å². The number of benzene rings is 1. The van der Waals surface area contributed by atoms with Gasteiger partial charge in [-0.1, -0.05) is 38.8 Å². The van der Waals surface area contributed by atoms with Crippen LogP contribution in [0.2, 0.25) is 0 Å². The number of nitrogens with one attached hydrogen (secondary N) is 2. The molecule has 3 amide bonds. The zero-order valence-corrected chi connectivity index (χ0v) is 24.2. The Balaban J connectivity index is 1.26. The summed E-state index contributed by atoms with van der Waals surface area (Å²) in [5, 5.41) is 6.29. The smallest absolute Gasteiger partial charge is 0.246 e.